The van der Waals surface area contributed by atoms with Crippen LogP contribution in [0.15, 0.2) is 60.9 Å². The normalized spacial score (nSPS) is 13.0. The third kappa shape index (κ3) is 2.70. The summed E-state index contributed by atoms with van der Waals surface area (Å²) in [5, 5.41) is 7.62. The summed E-state index contributed by atoms with van der Waals surface area (Å²) in [5.41, 5.74) is 5.30. The number of aromatic amines is 1. The Morgan fingerprint density at radius 1 is 1.11 bits per heavy atom. The summed E-state index contributed by atoms with van der Waals surface area (Å²) in [7, 11) is 1.62. The molecule has 2 aromatic heterocycles. The van der Waals surface area contributed by atoms with E-state index in [0.717, 1.165) is 16.5 Å². The lowest BCUT2D eigenvalue weighted by atomic mass is 10.0. The van der Waals surface area contributed by atoms with E-state index in [1.807, 2.05) is 41.3 Å². The van der Waals surface area contributed by atoms with Crippen molar-refractivity contribution in [3.05, 3.63) is 77.6 Å². The second kappa shape index (κ2) is 6.49. The van der Waals surface area contributed by atoms with E-state index >= 15 is 0 Å². The van der Waals surface area contributed by atoms with Crippen molar-refractivity contribution >= 4 is 16.8 Å². The molecule has 0 saturated carbocycles. The average molecular weight is 370 g/mol. The van der Waals surface area contributed by atoms with Gasteiger partial charge in [-0.15, -0.1) is 0 Å². The largest absolute Gasteiger partial charge is 0.497 e. The summed E-state index contributed by atoms with van der Waals surface area (Å²) in [6.45, 7) is 1.24. The number of H-pyrrole nitrogens is 1. The van der Waals surface area contributed by atoms with E-state index in [0.29, 0.717) is 30.1 Å². The first-order valence-corrected chi connectivity index (χ1v) is 9.07. The predicted octanol–water partition coefficient (Wildman–Crippen LogP) is 3.79. The highest BCUT2D eigenvalue weighted by atomic mass is 16.5. The molecular weight excluding hydrogens is 352 g/mol. The molecule has 1 amide bonds. The Morgan fingerprint density at radius 3 is 2.57 bits per heavy atom. The molecule has 0 unspecified atom stereocenters. The van der Waals surface area contributed by atoms with Gasteiger partial charge in [-0.2, -0.15) is 5.10 Å². The number of nitrogens with zero attached hydrogens (tertiary/aromatic N) is 3. The molecule has 1 aliphatic heterocycles. The number of pyridine rings is 1. The summed E-state index contributed by atoms with van der Waals surface area (Å²) >= 11 is 0. The van der Waals surface area contributed by atoms with E-state index in [1.54, 1.807) is 19.5 Å². The molecule has 28 heavy (non-hydrogen) atoms. The van der Waals surface area contributed by atoms with Crippen LogP contribution < -0.4 is 4.74 Å². The van der Waals surface area contributed by atoms with E-state index in [2.05, 4.69) is 22.3 Å². The van der Waals surface area contributed by atoms with Crippen molar-refractivity contribution in [2.45, 2.75) is 13.1 Å². The van der Waals surface area contributed by atoms with Gasteiger partial charge in [-0.1, -0.05) is 24.3 Å². The molecule has 4 aromatic rings. The van der Waals surface area contributed by atoms with Crippen LogP contribution in [0.2, 0.25) is 0 Å². The van der Waals surface area contributed by atoms with Crippen molar-refractivity contribution in [1.29, 1.82) is 0 Å². The van der Waals surface area contributed by atoms with Crippen LogP contribution in [-0.4, -0.2) is 33.1 Å². The Hall–Kier alpha value is -3.67. The van der Waals surface area contributed by atoms with Crippen LogP contribution in [0, 0.1) is 0 Å². The highest BCUT2D eigenvalue weighted by molar-refractivity contribution is 6.07. The monoisotopic (exact) mass is 370 g/mol. The molecule has 5 rings (SSSR count). The van der Waals surface area contributed by atoms with Crippen LogP contribution >= 0.6 is 0 Å². The lowest BCUT2D eigenvalue weighted by Crippen LogP contribution is -2.25. The highest BCUT2D eigenvalue weighted by Gasteiger charge is 2.26. The van der Waals surface area contributed by atoms with Gasteiger partial charge in [0.15, 0.2) is 0 Å². The zero-order valence-electron chi connectivity index (χ0n) is 15.3. The van der Waals surface area contributed by atoms with Gasteiger partial charge in [0.25, 0.3) is 5.91 Å². The van der Waals surface area contributed by atoms with Crippen molar-refractivity contribution in [3.8, 4) is 17.0 Å². The lowest BCUT2D eigenvalue weighted by molar-refractivity contribution is 0.0753. The van der Waals surface area contributed by atoms with Crippen molar-refractivity contribution in [3.63, 3.8) is 0 Å². The molecule has 0 atom stereocenters. The number of hydrogen-bond acceptors (Lipinski definition) is 4. The predicted molar refractivity (Wildman–Crippen MR) is 106 cm³/mol. The summed E-state index contributed by atoms with van der Waals surface area (Å²) in [5.74, 6) is 0.704. The van der Waals surface area contributed by atoms with Gasteiger partial charge in [0, 0.05) is 36.3 Å². The average Bonchev–Trinajstić information content (AvgIpc) is 3.41. The van der Waals surface area contributed by atoms with E-state index in [-0.39, 0.29) is 5.91 Å². The maximum absolute atomic E-state index is 13.4. The molecule has 0 bridgehead atoms. The highest BCUT2D eigenvalue weighted by Crippen LogP contribution is 2.30. The summed E-state index contributed by atoms with van der Waals surface area (Å²) in [6, 6.07) is 15.6. The van der Waals surface area contributed by atoms with E-state index in [9.17, 15) is 4.79 Å². The van der Waals surface area contributed by atoms with Crippen molar-refractivity contribution in [2.75, 3.05) is 7.11 Å². The van der Waals surface area contributed by atoms with Gasteiger partial charge in [0.2, 0.25) is 0 Å². The molecule has 2 aromatic carbocycles. The first-order chi connectivity index (χ1) is 13.7. The standard InChI is InChI=1S/C22H18N4O2/c1-28-17-6-7-18-19(9-20(25-21(18)8-17)16-10-23-24-11-16)22(27)26-12-14-4-2-3-5-15(14)13-26/h2-11H,12-13H2,1H3,(H,23,24). The van der Waals surface area contributed by atoms with Crippen LogP contribution in [0.1, 0.15) is 21.5 Å². The number of methoxy groups -OCH3 is 1. The minimum Gasteiger partial charge on any atom is -0.497 e. The van der Waals surface area contributed by atoms with Crippen molar-refractivity contribution < 1.29 is 9.53 Å². The third-order valence-corrected chi connectivity index (χ3v) is 5.17. The maximum Gasteiger partial charge on any atom is 0.255 e. The van der Waals surface area contributed by atoms with Crippen LogP contribution in [0.4, 0.5) is 0 Å². The zero-order chi connectivity index (χ0) is 19.1. The molecule has 138 valence electrons. The Kier molecular flexibility index (Phi) is 3.83. The van der Waals surface area contributed by atoms with Crippen molar-refractivity contribution in [2.24, 2.45) is 0 Å². The SMILES string of the molecule is COc1ccc2c(C(=O)N3Cc4ccccc4C3)cc(-c3cn[nH]c3)nc2c1. The fourth-order valence-corrected chi connectivity index (χ4v) is 3.70. The van der Waals surface area contributed by atoms with Gasteiger partial charge >= 0.3 is 0 Å². The smallest absolute Gasteiger partial charge is 0.255 e. The number of carbonyl (C=O) groups is 1. The Morgan fingerprint density at radius 2 is 1.89 bits per heavy atom. The molecule has 0 aliphatic carbocycles. The summed E-state index contributed by atoms with van der Waals surface area (Å²) in [4.78, 5) is 20.1. The van der Waals surface area contributed by atoms with Gasteiger partial charge in [-0.25, -0.2) is 4.98 Å². The molecule has 6 nitrogen and oxygen atoms in total. The van der Waals surface area contributed by atoms with E-state index in [1.165, 1.54) is 11.1 Å². The maximum atomic E-state index is 13.4. The van der Waals surface area contributed by atoms with Gasteiger partial charge in [0.1, 0.15) is 5.75 Å². The fraction of sp³-hybridized carbons (Fsp3) is 0.136. The molecule has 0 spiro atoms. The number of rotatable bonds is 3. The third-order valence-electron chi connectivity index (χ3n) is 5.17. The molecule has 0 fully saturated rings. The molecule has 1 aliphatic rings. The second-order valence-electron chi connectivity index (χ2n) is 6.86. The minimum absolute atomic E-state index is 0.00138. The second-order valence-corrected chi connectivity index (χ2v) is 6.86. The van der Waals surface area contributed by atoms with Crippen LogP contribution in [-0.2, 0) is 13.1 Å². The first-order valence-electron chi connectivity index (χ1n) is 9.07. The molecule has 0 saturated heterocycles. The Balaban J connectivity index is 1.62. The number of nitrogens with one attached hydrogen (secondary N) is 1. The molecule has 3 heterocycles. The first kappa shape index (κ1) is 16.5. The van der Waals surface area contributed by atoms with Crippen LogP contribution in [0.3, 0.4) is 0 Å². The van der Waals surface area contributed by atoms with Crippen LogP contribution in [0.5, 0.6) is 5.75 Å². The summed E-state index contributed by atoms with van der Waals surface area (Å²) in [6.07, 6.45) is 3.47. The number of aromatic nitrogens is 3. The molecule has 0 radical (unpaired) electrons. The topological polar surface area (TPSA) is 71.1 Å². The molecular formula is C22H18N4O2. The van der Waals surface area contributed by atoms with Crippen LogP contribution in [0.25, 0.3) is 22.2 Å². The number of fused-ring (bicyclic) bond motifs is 2. The number of benzene rings is 2. The Labute approximate surface area is 161 Å². The van der Waals surface area contributed by atoms with Gasteiger partial charge in [-0.3, -0.25) is 9.89 Å². The van der Waals surface area contributed by atoms with Gasteiger partial charge in [0.05, 0.1) is 30.1 Å². The zero-order valence-corrected chi connectivity index (χ0v) is 15.3. The Bertz CT molecular complexity index is 1160. The minimum atomic E-state index is -0.00138. The number of carbonyl (C=O) groups excluding carboxylic acids is 1. The molecule has 6 heteroatoms. The van der Waals surface area contributed by atoms with E-state index < -0.39 is 0 Å². The van der Waals surface area contributed by atoms with Crippen molar-refractivity contribution in [1.82, 2.24) is 20.1 Å². The number of amides is 1. The van der Waals surface area contributed by atoms with E-state index in [4.69, 9.17) is 9.72 Å². The number of hydrogen-bond donors (Lipinski definition) is 1. The van der Waals surface area contributed by atoms with Gasteiger partial charge in [-0.05, 0) is 29.3 Å². The summed E-state index contributed by atoms with van der Waals surface area (Å²) < 4.78 is 5.34. The fourth-order valence-electron chi connectivity index (χ4n) is 3.70. The molecule has 1 N–H and O–H groups in total. The quantitative estimate of drug-likeness (QED) is 0.596. The number of ether oxygens (including phenoxy) is 1. The van der Waals surface area contributed by atoms with Gasteiger partial charge < -0.3 is 9.64 Å². The lowest BCUT2D eigenvalue weighted by Gasteiger charge is -2.17.